The number of sulfonamides is 1. The summed E-state index contributed by atoms with van der Waals surface area (Å²) < 4.78 is 26.4. The predicted molar refractivity (Wildman–Crippen MR) is 108 cm³/mol. The topological polar surface area (TPSA) is 108 Å². The molecular weight excluding hydrogens is 400 g/mol. The smallest absolute Gasteiger partial charge is 0.321 e. The number of amides is 3. The molecule has 0 spiro atoms. The van der Waals surface area contributed by atoms with Gasteiger partial charge in [-0.25, -0.2) is 17.9 Å². The predicted octanol–water partition coefficient (Wildman–Crippen LogP) is 1.97. The van der Waals surface area contributed by atoms with Gasteiger partial charge in [0, 0.05) is 25.3 Å². The van der Waals surface area contributed by atoms with Crippen LogP contribution in [0.1, 0.15) is 18.4 Å². The summed E-state index contributed by atoms with van der Waals surface area (Å²) in [6.07, 6.45) is 2.05. The van der Waals surface area contributed by atoms with Gasteiger partial charge in [0.15, 0.2) is 0 Å². The third-order valence-corrected chi connectivity index (χ3v) is 7.04. The summed E-state index contributed by atoms with van der Waals surface area (Å²) in [5.41, 5.74) is 1.45. The van der Waals surface area contributed by atoms with Crippen LogP contribution in [-0.2, 0) is 21.4 Å². The standard InChI is InChI=1S/C18H22N4O4S2/c23-16(13-20-28(25,26)17-7-4-10-27-17)19-12-14-5-3-6-15(11-14)21-18(24)22-8-1-2-9-22/h3-7,10-11,20H,1-2,8-9,12-13H2,(H,19,23)(H,21,24). The van der Waals surface area contributed by atoms with Crippen molar-refractivity contribution in [2.75, 3.05) is 25.0 Å². The number of carbonyl (C=O) groups excluding carboxylic acids is 2. The molecule has 8 nitrogen and oxygen atoms in total. The van der Waals surface area contributed by atoms with Crippen LogP contribution in [0.2, 0.25) is 0 Å². The minimum absolute atomic E-state index is 0.123. The number of likely N-dealkylation sites (tertiary alicyclic amines) is 1. The van der Waals surface area contributed by atoms with Crippen LogP contribution < -0.4 is 15.4 Å². The van der Waals surface area contributed by atoms with Crippen LogP contribution in [0.3, 0.4) is 0 Å². The molecule has 0 unspecified atom stereocenters. The molecule has 1 aromatic carbocycles. The summed E-state index contributed by atoms with van der Waals surface area (Å²) in [4.78, 5) is 25.9. The van der Waals surface area contributed by atoms with Crippen LogP contribution in [-0.4, -0.2) is 44.9 Å². The molecule has 1 saturated heterocycles. The van der Waals surface area contributed by atoms with Crippen molar-refractivity contribution in [3.63, 3.8) is 0 Å². The van der Waals surface area contributed by atoms with E-state index in [0.717, 1.165) is 42.8 Å². The number of thiophene rings is 1. The number of rotatable bonds is 7. The van der Waals surface area contributed by atoms with E-state index < -0.39 is 15.9 Å². The SMILES string of the molecule is O=C(CNS(=O)(=O)c1cccs1)NCc1cccc(NC(=O)N2CCCC2)c1. The fraction of sp³-hybridized carbons (Fsp3) is 0.333. The second-order valence-corrected chi connectivity index (χ2v) is 9.30. The van der Waals surface area contributed by atoms with Gasteiger partial charge in [-0.1, -0.05) is 18.2 Å². The van der Waals surface area contributed by atoms with E-state index in [1.807, 2.05) is 6.07 Å². The molecule has 0 radical (unpaired) electrons. The highest BCUT2D eigenvalue weighted by molar-refractivity contribution is 7.91. The Labute approximate surface area is 168 Å². The Morgan fingerprint density at radius 3 is 2.61 bits per heavy atom. The van der Waals surface area contributed by atoms with Crippen molar-refractivity contribution >= 4 is 39.0 Å². The summed E-state index contributed by atoms with van der Waals surface area (Å²) in [5, 5.41) is 7.18. The third kappa shape index (κ3) is 5.54. The van der Waals surface area contributed by atoms with Gasteiger partial charge in [0.25, 0.3) is 10.0 Å². The van der Waals surface area contributed by atoms with Gasteiger partial charge in [0.2, 0.25) is 5.91 Å². The zero-order chi connectivity index (χ0) is 20.0. The Balaban J connectivity index is 1.47. The second kappa shape index (κ2) is 9.18. The molecule has 3 amide bonds. The maximum atomic E-state index is 12.1. The lowest BCUT2D eigenvalue weighted by atomic mass is 10.2. The molecule has 0 aliphatic carbocycles. The Kier molecular flexibility index (Phi) is 6.65. The number of hydrogen-bond donors (Lipinski definition) is 3. The van der Waals surface area contributed by atoms with Gasteiger partial charge in [0.05, 0.1) is 6.54 Å². The molecule has 1 aromatic heterocycles. The van der Waals surface area contributed by atoms with Crippen molar-refractivity contribution < 1.29 is 18.0 Å². The van der Waals surface area contributed by atoms with Gasteiger partial charge < -0.3 is 15.5 Å². The van der Waals surface area contributed by atoms with Crippen molar-refractivity contribution in [2.24, 2.45) is 0 Å². The summed E-state index contributed by atoms with van der Waals surface area (Å²) in [6.45, 7) is 1.42. The molecule has 2 heterocycles. The van der Waals surface area contributed by atoms with Gasteiger partial charge in [-0.3, -0.25) is 4.79 Å². The van der Waals surface area contributed by atoms with E-state index >= 15 is 0 Å². The van der Waals surface area contributed by atoms with Crippen LogP contribution >= 0.6 is 11.3 Å². The largest absolute Gasteiger partial charge is 0.351 e. The Morgan fingerprint density at radius 1 is 1.11 bits per heavy atom. The lowest BCUT2D eigenvalue weighted by Gasteiger charge is -2.16. The normalized spacial score (nSPS) is 14.1. The van der Waals surface area contributed by atoms with Gasteiger partial charge in [-0.2, -0.15) is 0 Å². The van der Waals surface area contributed by atoms with Crippen molar-refractivity contribution in [1.29, 1.82) is 0 Å². The van der Waals surface area contributed by atoms with Crippen LogP contribution in [0.4, 0.5) is 10.5 Å². The van der Waals surface area contributed by atoms with Gasteiger partial charge >= 0.3 is 6.03 Å². The fourth-order valence-electron chi connectivity index (χ4n) is 2.79. The molecule has 150 valence electrons. The molecule has 1 fully saturated rings. The number of nitrogens with one attached hydrogen (secondary N) is 3. The second-order valence-electron chi connectivity index (χ2n) is 6.36. The van der Waals surface area contributed by atoms with Crippen molar-refractivity contribution in [3.8, 4) is 0 Å². The van der Waals surface area contributed by atoms with E-state index in [2.05, 4.69) is 15.4 Å². The van der Waals surface area contributed by atoms with Crippen LogP contribution in [0.25, 0.3) is 0 Å². The van der Waals surface area contributed by atoms with E-state index in [-0.39, 0.29) is 23.3 Å². The fourth-order valence-corrected chi connectivity index (χ4v) is 4.81. The summed E-state index contributed by atoms with van der Waals surface area (Å²) >= 11 is 1.09. The lowest BCUT2D eigenvalue weighted by molar-refractivity contribution is -0.120. The van der Waals surface area contributed by atoms with E-state index in [9.17, 15) is 18.0 Å². The highest BCUT2D eigenvalue weighted by Crippen LogP contribution is 2.15. The number of nitrogens with zero attached hydrogens (tertiary/aromatic N) is 1. The minimum atomic E-state index is -3.67. The zero-order valence-electron chi connectivity index (χ0n) is 15.2. The van der Waals surface area contributed by atoms with Crippen LogP contribution in [0.5, 0.6) is 0 Å². The molecule has 0 atom stereocenters. The average Bonchev–Trinajstić information content (AvgIpc) is 3.39. The van der Waals surface area contributed by atoms with Crippen molar-refractivity contribution in [2.45, 2.75) is 23.6 Å². The average molecular weight is 423 g/mol. The maximum Gasteiger partial charge on any atom is 0.321 e. The number of carbonyl (C=O) groups is 2. The molecule has 1 aliphatic heterocycles. The van der Waals surface area contributed by atoms with Gasteiger partial charge in [0.1, 0.15) is 4.21 Å². The number of hydrogen-bond acceptors (Lipinski definition) is 5. The monoisotopic (exact) mass is 422 g/mol. The minimum Gasteiger partial charge on any atom is -0.351 e. The Morgan fingerprint density at radius 2 is 1.89 bits per heavy atom. The summed E-state index contributed by atoms with van der Waals surface area (Å²) in [6, 6.07) is 10.2. The molecule has 2 aromatic rings. The molecule has 1 aliphatic rings. The van der Waals surface area contributed by atoms with E-state index in [4.69, 9.17) is 0 Å². The van der Waals surface area contributed by atoms with Crippen LogP contribution in [0, 0.1) is 0 Å². The highest BCUT2D eigenvalue weighted by Gasteiger charge is 2.18. The maximum absolute atomic E-state index is 12.1. The van der Waals surface area contributed by atoms with Crippen molar-refractivity contribution in [3.05, 3.63) is 47.3 Å². The molecule has 3 rings (SSSR count). The highest BCUT2D eigenvalue weighted by atomic mass is 32.2. The first-order valence-electron chi connectivity index (χ1n) is 8.89. The van der Waals surface area contributed by atoms with Crippen molar-refractivity contribution in [1.82, 2.24) is 14.9 Å². The molecule has 28 heavy (non-hydrogen) atoms. The Bertz CT molecular complexity index is 923. The van der Waals surface area contributed by atoms with E-state index in [0.29, 0.717) is 5.69 Å². The third-order valence-electron chi connectivity index (χ3n) is 4.24. The Hall–Kier alpha value is -2.43. The summed E-state index contributed by atoms with van der Waals surface area (Å²) in [5.74, 6) is -0.438. The van der Waals surface area contributed by atoms with E-state index in [1.165, 1.54) is 6.07 Å². The first-order valence-corrected chi connectivity index (χ1v) is 11.2. The quantitative estimate of drug-likeness (QED) is 0.634. The molecule has 0 bridgehead atoms. The zero-order valence-corrected chi connectivity index (χ0v) is 16.8. The number of urea groups is 1. The first kappa shape index (κ1) is 20.3. The summed E-state index contributed by atoms with van der Waals surface area (Å²) in [7, 11) is -3.67. The molecule has 10 heteroatoms. The number of benzene rings is 1. The molecular formula is C18H22N4O4S2. The van der Waals surface area contributed by atoms with Crippen LogP contribution in [0.15, 0.2) is 46.0 Å². The van der Waals surface area contributed by atoms with E-state index in [1.54, 1.807) is 34.5 Å². The lowest BCUT2D eigenvalue weighted by Crippen LogP contribution is -2.36. The first-order chi connectivity index (χ1) is 13.4. The molecule has 0 saturated carbocycles. The molecule has 3 N–H and O–H groups in total. The number of anilines is 1. The van der Waals surface area contributed by atoms with Gasteiger partial charge in [-0.15, -0.1) is 11.3 Å². The van der Waals surface area contributed by atoms with Gasteiger partial charge in [-0.05, 0) is 42.0 Å².